The standard InChI is InChI=1S/C12H11ClN2OS2/c13-9-1-3-10(4-2-9)17-7-5-11(16)15-12-14-6-8-18-12/h1-4,6,8H,5,7H2,(H,14,15,16). The molecule has 0 spiro atoms. The molecule has 0 saturated heterocycles. The third-order valence-electron chi connectivity index (χ3n) is 2.09. The van der Waals surface area contributed by atoms with Gasteiger partial charge in [0.2, 0.25) is 5.91 Å². The second-order valence-corrected chi connectivity index (χ2v) is 5.94. The molecule has 6 heteroatoms. The van der Waals surface area contributed by atoms with Gasteiger partial charge in [-0.3, -0.25) is 4.79 Å². The summed E-state index contributed by atoms with van der Waals surface area (Å²) in [4.78, 5) is 16.7. The Morgan fingerprint density at radius 2 is 2.17 bits per heavy atom. The molecule has 0 radical (unpaired) electrons. The number of carbonyl (C=O) groups excluding carboxylic acids is 1. The lowest BCUT2D eigenvalue weighted by molar-refractivity contribution is -0.115. The van der Waals surface area contributed by atoms with Crippen LogP contribution in [0.4, 0.5) is 5.13 Å². The first-order chi connectivity index (χ1) is 8.74. The molecule has 0 bridgehead atoms. The zero-order valence-electron chi connectivity index (χ0n) is 9.43. The van der Waals surface area contributed by atoms with E-state index < -0.39 is 0 Å². The second-order valence-electron chi connectivity index (χ2n) is 3.44. The van der Waals surface area contributed by atoms with Gasteiger partial charge >= 0.3 is 0 Å². The number of hydrogen-bond donors (Lipinski definition) is 1. The van der Waals surface area contributed by atoms with Crippen molar-refractivity contribution in [2.24, 2.45) is 0 Å². The maximum Gasteiger partial charge on any atom is 0.226 e. The van der Waals surface area contributed by atoms with Gasteiger partial charge in [-0.15, -0.1) is 23.1 Å². The van der Waals surface area contributed by atoms with Gasteiger partial charge in [0.05, 0.1) is 0 Å². The van der Waals surface area contributed by atoms with Crippen LogP contribution in [0, 0.1) is 0 Å². The number of hydrogen-bond acceptors (Lipinski definition) is 4. The Labute approximate surface area is 119 Å². The quantitative estimate of drug-likeness (QED) is 0.851. The molecule has 1 N–H and O–H groups in total. The first kappa shape index (κ1) is 13.4. The molecule has 0 aliphatic carbocycles. The Morgan fingerprint density at radius 3 is 2.83 bits per heavy atom. The lowest BCUT2D eigenvalue weighted by Crippen LogP contribution is -2.11. The van der Waals surface area contributed by atoms with Crippen LogP contribution in [0.25, 0.3) is 0 Å². The molecule has 0 unspecified atom stereocenters. The summed E-state index contributed by atoms with van der Waals surface area (Å²) in [6.07, 6.45) is 2.13. The highest BCUT2D eigenvalue weighted by Crippen LogP contribution is 2.21. The number of halogens is 1. The molecule has 2 aromatic rings. The van der Waals surface area contributed by atoms with E-state index >= 15 is 0 Å². The van der Waals surface area contributed by atoms with Crippen LogP contribution in [-0.4, -0.2) is 16.6 Å². The number of nitrogens with zero attached hydrogens (tertiary/aromatic N) is 1. The fourth-order valence-corrected chi connectivity index (χ4v) is 2.78. The first-order valence-electron chi connectivity index (χ1n) is 5.32. The van der Waals surface area contributed by atoms with Gasteiger partial charge in [0.25, 0.3) is 0 Å². The lowest BCUT2D eigenvalue weighted by atomic mass is 10.4. The van der Waals surface area contributed by atoms with Gasteiger partial charge in [-0.25, -0.2) is 4.98 Å². The van der Waals surface area contributed by atoms with Gasteiger partial charge in [0.1, 0.15) is 0 Å². The molecule has 1 heterocycles. The topological polar surface area (TPSA) is 42.0 Å². The van der Waals surface area contributed by atoms with Crippen molar-refractivity contribution in [2.75, 3.05) is 11.1 Å². The number of anilines is 1. The summed E-state index contributed by atoms with van der Waals surface area (Å²) in [6, 6.07) is 7.59. The van der Waals surface area contributed by atoms with E-state index in [1.165, 1.54) is 11.3 Å². The van der Waals surface area contributed by atoms with E-state index in [1.54, 1.807) is 18.0 Å². The summed E-state index contributed by atoms with van der Waals surface area (Å²) in [5.74, 6) is 0.727. The van der Waals surface area contributed by atoms with Crippen molar-refractivity contribution in [2.45, 2.75) is 11.3 Å². The molecule has 3 nitrogen and oxygen atoms in total. The van der Waals surface area contributed by atoms with Gasteiger partial charge in [-0.1, -0.05) is 11.6 Å². The predicted octanol–water partition coefficient (Wildman–Crippen LogP) is 3.92. The number of benzene rings is 1. The Hall–Kier alpha value is -1.04. The summed E-state index contributed by atoms with van der Waals surface area (Å²) in [5, 5.41) is 5.96. The minimum absolute atomic E-state index is 0.00795. The summed E-state index contributed by atoms with van der Waals surface area (Å²) in [5.41, 5.74) is 0. The van der Waals surface area contributed by atoms with E-state index in [1.807, 2.05) is 29.6 Å². The first-order valence-corrected chi connectivity index (χ1v) is 7.56. The molecule has 1 aromatic carbocycles. The molecule has 0 aliphatic rings. The van der Waals surface area contributed by atoms with Crippen LogP contribution in [0.5, 0.6) is 0 Å². The van der Waals surface area contributed by atoms with Crippen LogP contribution in [0.1, 0.15) is 6.42 Å². The van der Waals surface area contributed by atoms with Crippen LogP contribution in [0.3, 0.4) is 0 Å². The van der Waals surface area contributed by atoms with E-state index in [0.29, 0.717) is 11.6 Å². The van der Waals surface area contributed by atoms with Crippen LogP contribution >= 0.6 is 34.7 Å². The number of aromatic nitrogens is 1. The predicted molar refractivity (Wildman–Crippen MR) is 77.5 cm³/mol. The maximum atomic E-state index is 11.6. The van der Waals surface area contributed by atoms with Crippen LogP contribution in [-0.2, 0) is 4.79 Å². The van der Waals surface area contributed by atoms with Crippen LogP contribution in [0.15, 0.2) is 40.7 Å². The third-order valence-corrected chi connectivity index (χ3v) is 4.04. The smallest absolute Gasteiger partial charge is 0.226 e. The summed E-state index contributed by atoms with van der Waals surface area (Å²) in [6.45, 7) is 0. The molecule has 18 heavy (non-hydrogen) atoms. The third kappa shape index (κ3) is 4.33. The molecule has 2 rings (SSSR count). The number of thioether (sulfide) groups is 1. The SMILES string of the molecule is O=C(CCSc1ccc(Cl)cc1)Nc1nccs1. The monoisotopic (exact) mass is 298 g/mol. The number of nitrogens with one attached hydrogen (secondary N) is 1. The number of carbonyl (C=O) groups is 1. The van der Waals surface area contributed by atoms with Crippen molar-refractivity contribution < 1.29 is 4.79 Å². The van der Waals surface area contributed by atoms with Gasteiger partial charge < -0.3 is 5.32 Å². The Kier molecular flexibility index (Phi) is 5.04. The van der Waals surface area contributed by atoms with Crippen molar-refractivity contribution in [3.05, 3.63) is 40.9 Å². The summed E-state index contributed by atoms with van der Waals surface area (Å²) in [7, 11) is 0. The molecule has 0 fully saturated rings. The van der Waals surface area contributed by atoms with E-state index in [0.717, 1.165) is 15.7 Å². The summed E-state index contributed by atoms with van der Waals surface area (Å²) < 4.78 is 0. The Morgan fingerprint density at radius 1 is 1.39 bits per heavy atom. The largest absolute Gasteiger partial charge is 0.302 e. The summed E-state index contributed by atoms with van der Waals surface area (Å²) >= 11 is 8.85. The van der Waals surface area contributed by atoms with Crippen molar-refractivity contribution in [1.29, 1.82) is 0 Å². The van der Waals surface area contributed by atoms with E-state index in [4.69, 9.17) is 11.6 Å². The highest BCUT2D eigenvalue weighted by atomic mass is 35.5. The zero-order valence-corrected chi connectivity index (χ0v) is 11.8. The molecular weight excluding hydrogens is 288 g/mol. The normalized spacial score (nSPS) is 10.3. The second kappa shape index (κ2) is 6.78. The van der Waals surface area contributed by atoms with Gasteiger partial charge in [-0.2, -0.15) is 0 Å². The lowest BCUT2D eigenvalue weighted by Gasteiger charge is -2.02. The highest BCUT2D eigenvalue weighted by molar-refractivity contribution is 7.99. The van der Waals surface area contributed by atoms with Gasteiger partial charge in [-0.05, 0) is 24.3 Å². The van der Waals surface area contributed by atoms with Crippen molar-refractivity contribution in [1.82, 2.24) is 4.98 Å². The van der Waals surface area contributed by atoms with Crippen LogP contribution < -0.4 is 5.32 Å². The molecule has 0 atom stereocenters. The Balaban J connectivity index is 1.72. The minimum atomic E-state index is -0.00795. The minimum Gasteiger partial charge on any atom is -0.302 e. The fourth-order valence-electron chi connectivity index (χ4n) is 1.26. The molecule has 1 amide bonds. The molecule has 0 aliphatic heterocycles. The van der Waals surface area contributed by atoms with E-state index in [-0.39, 0.29) is 5.91 Å². The molecule has 0 saturated carbocycles. The Bertz CT molecular complexity index is 499. The average molecular weight is 299 g/mol. The molecule has 1 aromatic heterocycles. The van der Waals surface area contributed by atoms with Crippen molar-refractivity contribution in [3.8, 4) is 0 Å². The van der Waals surface area contributed by atoms with E-state index in [2.05, 4.69) is 10.3 Å². The zero-order chi connectivity index (χ0) is 12.8. The van der Waals surface area contributed by atoms with Crippen molar-refractivity contribution in [3.63, 3.8) is 0 Å². The fraction of sp³-hybridized carbons (Fsp3) is 0.167. The molecule has 94 valence electrons. The van der Waals surface area contributed by atoms with E-state index in [9.17, 15) is 4.79 Å². The van der Waals surface area contributed by atoms with Crippen LogP contribution in [0.2, 0.25) is 5.02 Å². The van der Waals surface area contributed by atoms with Gasteiger partial charge in [0, 0.05) is 33.7 Å². The number of rotatable bonds is 5. The molecular formula is C12H11ClN2OS2. The van der Waals surface area contributed by atoms with Gasteiger partial charge in [0.15, 0.2) is 5.13 Å². The number of amides is 1. The average Bonchev–Trinajstić information content (AvgIpc) is 2.84. The number of thiazole rings is 1. The maximum absolute atomic E-state index is 11.6. The highest BCUT2D eigenvalue weighted by Gasteiger charge is 2.04. The van der Waals surface area contributed by atoms with Crippen molar-refractivity contribution >= 4 is 45.7 Å².